The van der Waals surface area contributed by atoms with Crippen LogP contribution in [0.2, 0.25) is 5.28 Å². The van der Waals surface area contributed by atoms with Crippen molar-refractivity contribution in [2.24, 2.45) is 0 Å². The summed E-state index contributed by atoms with van der Waals surface area (Å²) >= 11 is 5.77. The van der Waals surface area contributed by atoms with Gasteiger partial charge < -0.3 is 9.84 Å². The van der Waals surface area contributed by atoms with Crippen LogP contribution < -0.4 is 0 Å². The lowest BCUT2D eigenvalue weighted by Crippen LogP contribution is -2.18. The second kappa shape index (κ2) is 4.80. The van der Waals surface area contributed by atoms with Gasteiger partial charge in [-0.1, -0.05) is 6.58 Å². The van der Waals surface area contributed by atoms with Crippen molar-refractivity contribution in [2.45, 2.75) is 26.4 Å². The van der Waals surface area contributed by atoms with Crippen molar-refractivity contribution in [1.82, 2.24) is 9.97 Å². The Kier molecular flexibility index (Phi) is 3.88. The molecule has 0 unspecified atom stereocenters. The summed E-state index contributed by atoms with van der Waals surface area (Å²) in [5.74, 6) is 0.414. The van der Waals surface area contributed by atoms with Crippen molar-refractivity contribution in [3.8, 4) is 0 Å². The van der Waals surface area contributed by atoms with Gasteiger partial charge in [-0.3, -0.25) is 0 Å². The summed E-state index contributed by atoms with van der Waals surface area (Å²) in [6, 6.07) is 1.61. The number of ether oxygens (including phenoxy) is 1. The Hall–Kier alpha value is -1.13. The normalized spacial score (nSPS) is 11.3. The molecule has 0 saturated heterocycles. The summed E-state index contributed by atoms with van der Waals surface area (Å²) in [6.07, 6.45) is 0. The second-order valence-electron chi connectivity index (χ2n) is 3.82. The average Bonchev–Trinajstić information content (AvgIpc) is 2.16. The number of halogens is 1. The fraction of sp³-hybridized carbons (Fsp3) is 0.455. The Morgan fingerprint density at radius 3 is 2.69 bits per heavy atom. The van der Waals surface area contributed by atoms with Crippen LogP contribution in [-0.4, -0.2) is 21.7 Å². The summed E-state index contributed by atoms with van der Waals surface area (Å²) in [6.45, 7) is 9.32. The average molecular weight is 243 g/mol. The minimum atomic E-state index is -1.08. The molecule has 0 aromatic carbocycles. The lowest BCUT2D eigenvalue weighted by Gasteiger charge is -2.17. The van der Waals surface area contributed by atoms with Crippen LogP contribution in [-0.2, 0) is 10.3 Å². The third-order valence-electron chi connectivity index (χ3n) is 1.93. The monoisotopic (exact) mass is 242 g/mol. The van der Waals surface area contributed by atoms with Gasteiger partial charge in [-0.05, 0) is 38.4 Å². The van der Waals surface area contributed by atoms with Crippen molar-refractivity contribution >= 4 is 17.4 Å². The van der Waals surface area contributed by atoms with Gasteiger partial charge in [0.15, 0.2) is 0 Å². The predicted molar refractivity (Wildman–Crippen MR) is 62.9 cm³/mol. The Morgan fingerprint density at radius 1 is 1.56 bits per heavy atom. The van der Waals surface area contributed by atoms with E-state index in [-0.39, 0.29) is 5.28 Å². The smallest absolute Gasteiger partial charge is 0.223 e. The van der Waals surface area contributed by atoms with Gasteiger partial charge in [0.25, 0.3) is 0 Å². The summed E-state index contributed by atoms with van der Waals surface area (Å²) in [5.41, 5.74) is -0.157. The quantitative estimate of drug-likeness (QED) is 0.651. The van der Waals surface area contributed by atoms with Crippen molar-refractivity contribution in [3.63, 3.8) is 0 Å². The van der Waals surface area contributed by atoms with Crippen LogP contribution >= 0.6 is 11.6 Å². The van der Waals surface area contributed by atoms with E-state index in [2.05, 4.69) is 16.5 Å². The number of hydrogen-bond donors (Lipinski definition) is 1. The molecule has 4 nitrogen and oxygen atoms in total. The third-order valence-corrected chi connectivity index (χ3v) is 2.10. The highest BCUT2D eigenvalue weighted by Gasteiger charge is 2.20. The van der Waals surface area contributed by atoms with Gasteiger partial charge in [-0.15, -0.1) is 0 Å². The molecule has 0 saturated carbocycles. The maximum atomic E-state index is 9.83. The Morgan fingerprint density at radius 2 is 2.19 bits per heavy atom. The minimum absolute atomic E-state index is 0.0653. The molecular formula is C11H15ClN2O2. The van der Waals surface area contributed by atoms with Crippen LogP contribution in [0, 0.1) is 0 Å². The summed E-state index contributed by atoms with van der Waals surface area (Å²) in [7, 11) is 0. The number of aliphatic hydroxyl groups is 1. The van der Waals surface area contributed by atoms with E-state index in [1.165, 1.54) is 0 Å². The highest BCUT2D eigenvalue weighted by atomic mass is 35.5. The minimum Gasteiger partial charge on any atom is -0.492 e. The summed E-state index contributed by atoms with van der Waals surface area (Å²) in [4.78, 5) is 7.94. The second-order valence-corrected chi connectivity index (χ2v) is 4.16. The molecule has 0 fully saturated rings. The third kappa shape index (κ3) is 3.18. The van der Waals surface area contributed by atoms with Gasteiger partial charge >= 0.3 is 0 Å². The first-order valence-corrected chi connectivity index (χ1v) is 5.32. The van der Waals surface area contributed by atoms with Crippen LogP contribution in [0.5, 0.6) is 0 Å². The van der Waals surface area contributed by atoms with E-state index >= 15 is 0 Å². The van der Waals surface area contributed by atoms with Crippen molar-refractivity contribution in [2.75, 3.05) is 6.61 Å². The largest absolute Gasteiger partial charge is 0.492 e. The standard InChI is InChI=1S/C11H15ClN2O2/c1-5-16-7(2)8-6-9(11(3,4)15)14-10(12)13-8/h6,15H,2,5H2,1,3-4H3. The van der Waals surface area contributed by atoms with E-state index in [1.807, 2.05) is 6.92 Å². The number of aromatic nitrogens is 2. The summed E-state index contributed by atoms with van der Waals surface area (Å²) < 4.78 is 5.23. The SMILES string of the molecule is C=C(OCC)c1cc(C(C)(C)O)nc(Cl)n1. The molecule has 0 aliphatic carbocycles. The molecule has 0 spiro atoms. The number of nitrogens with zero attached hydrogens (tertiary/aromatic N) is 2. The molecule has 1 heterocycles. The van der Waals surface area contributed by atoms with Gasteiger partial charge in [0.05, 0.1) is 12.3 Å². The molecule has 1 rings (SSSR count). The van der Waals surface area contributed by atoms with E-state index in [1.54, 1.807) is 19.9 Å². The molecule has 0 amide bonds. The van der Waals surface area contributed by atoms with Crippen LogP contribution in [0.15, 0.2) is 12.6 Å². The highest BCUT2D eigenvalue weighted by Crippen LogP contribution is 2.22. The lowest BCUT2D eigenvalue weighted by molar-refractivity contribution is 0.0736. The molecule has 16 heavy (non-hydrogen) atoms. The summed E-state index contributed by atoms with van der Waals surface area (Å²) in [5, 5.41) is 9.90. The molecule has 1 aromatic heterocycles. The van der Waals surface area contributed by atoms with E-state index in [0.717, 1.165) is 0 Å². The highest BCUT2D eigenvalue weighted by molar-refractivity contribution is 6.28. The fourth-order valence-corrected chi connectivity index (χ4v) is 1.30. The molecule has 88 valence electrons. The first-order chi connectivity index (χ1) is 7.34. The maximum Gasteiger partial charge on any atom is 0.223 e. The van der Waals surface area contributed by atoms with Crippen LogP contribution in [0.4, 0.5) is 0 Å². The molecule has 1 aromatic rings. The lowest BCUT2D eigenvalue weighted by atomic mass is 10.0. The van der Waals surface area contributed by atoms with Gasteiger partial charge in [-0.2, -0.15) is 0 Å². The zero-order chi connectivity index (χ0) is 12.3. The molecule has 0 atom stereocenters. The first kappa shape index (κ1) is 12.9. The fourth-order valence-electron chi connectivity index (χ4n) is 1.12. The molecular weight excluding hydrogens is 228 g/mol. The Bertz CT molecular complexity index is 399. The Labute approximate surface area is 99.9 Å². The molecule has 5 heteroatoms. The number of hydrogen-bond acceptors (Lipinski definition) is 4. The van der Waals surface area contributed by atoms with Gasteiger partial charge in [0, 0.05) is 0 Å². The van der Waals surface area contributed by atoms with Crippen molar-refractivity contribution < 1.29 is 9.84 Å². The first-order valence-electron chi connectivity index (χ1n) is 4.94. The van der Waals surface area contributed by atoms with E-state index < -0.39 is 5.60 Å². The van der Waals surface area contributed by atoms with Crippen LogP contribution in [0.25, 0.3) is 5.76 Å². The van der Waals surface area contributed by atoms with Gasteiger partial charge in [0.1, 0.15) is 17.1 Å². The maximum absolute atomic E-state index is 9.83. The number of rotatable bonds is 4. The Balaban J connectivity index is 3.13. The molecule has 0 aliphatic heterocycles. The zero-order valence-corrected chi connectivity index (χ0v) is 10.4. The van der Waals surface area contributed by atoms with E-state index in [0.29, 0.717) is 23.8 Å². The van der Waals surface area contributed by atoms with Gasteiger partial charge in [0.2, 0.25) is 5.28 Å². The van der Waals surface area contributed by atoms with E-state index in [9.17, 15) is 5.11 Å². The van der Waals surface area contributed by atoms with Crippen molar-refractivity contribution in [3.05, 3.63) is 29.3 Å². The molecule has 1 N–H and O–H groups in total. The van der Waals surface area contributed by atoms with E-state index in [4.69, 9.17) is 16.3 Å². The van der Waals surface area contributed by atoms with Crippen molar-refractivity contribution in [1.29, 1.82) is 0 Å². The van der Waals surface area contributed by atoms with Gasteiger partial charge in [-0.25, -0.2) is 9.97 Å². The predicted octanol–water partition coefficient (Wildman–Crippen LogP) is 2.36. The van der Waals surface area contributed by atoms with Crippen LogP contribution in [0.1, 0.15) is 32.2 Å². The topological polar surface area (TPSA) is 55.2 Å². The molecule has 0 aliphatic rings. The van der Waals surface area contributed by atoms with Crippen LogP contribution in [0.3, 0.4) is 0 Å². The zero-order valence-electron chi connectivity index (χ0n) is 9.62. The molecule has 0 bridgehead atoms. The molecule has 0 radical (unpaired) electrons.